The number of hydrogen-bond donors (Lipinski definition) is 1. The Hall–Kier alpha value is -3.85. The Kier molecular flexibility index (Phi) is 4.80. The van der Waals surface area contributed by atoms with Crippen LogP contribution in [-0.2, 0) is 7.05 Å². The van der Waals surface area contributed by atoms with Crippen molar-refractivity contribution < 1.29 is 9.18 Å². The zero-order valence-corrected chi connectivity index (χ0v) is 19.2. The van der Waals surface area contributed by atoms with Crippen LogP contribution in [0.1, 0.15) is 34.8 Å². The molecule has 5 aromatic rings. The first-order chi connectivity index (χ1) is 16.5. The summed E-state index contributed by atoms with van der Waals surface area (Å²) in [5, 5.41) is 5.89. The van der Waals surface area contributed by atoms with E-state index in [2.05, 4.69) is 15.1 Å². The van der Waals surface area contributed by atoms with Crippen LogP contribution in [0.3, 0.4) is 0 Å². The van der Waals surface area contributed by atoms with Crippen LogP contribution in [0, 0.1) is 0 Å². The summed E-state index contributed by atoms with van der Waals surface area (Å²) in [4.78, 5) is 24.5. The third-order valence-corrected chi connectivity index (χ3v) is 7.42. The molecule has 1 aliphatic heterocycles. The van der Waals surface area contributed by atoms with E-state index in [-0.39, 0.29) is 11.9 Å². The van der Waals surface area contributed by atoms with Gasteiger partial charge in [-0.2, -0.15) is 5.10 Å². The van der Waals surface area contributed by atoms with E-state index < -0.39 is 0 Å². The highest BCUT2D eigenvalue weighted by Gasteiger charge is 2.31. The maximum absolute atomic E-state index is 13.8. The van der Waals surface area contributed by atoms with Gasteiger partial charge in [0.2, 0.25) is 0 Å². The van der Waals surface area contributed by atoms with Crippen LogP contribution in [0.2, 0.25) is 0 Å². The Balaban J connectivity index is 1.44. The molecule has 0 radical (unpaired) electrons. The van der Waals surface area contributed by atoms with Crippen molar-refractivity contribution in [3.63, 3.8) is 0 Å². The van der Waals surface area contributed by atoms with Crippen LogP contribution in [0.4, 0.5) is 10.2 Å². The Labute approximate surface area is 198 Å². The number of carbonyl (C=O) groups excluding carboxylic acids is 1. The highest BCUT2D eigenvalue weighted by molar-refractivity contribution is 7.16. The number of nitrogens with two attached hydrogens (primary N) is 1. The third kappa shape index (κ3) is 3.23. The Bertz CT molecular complexity index is 1620. The molecule has 34 heavy (non-hydrogen) atoms. The number of piperidine rings is 1. The molecule has 2 N–H and O–H groups in total. The fraction of sp³-hybridized carbons (Fsp3) is 0.200. The highest BCUT2D eigenvalue weighted by Crippen LogP contribution is 2.37. The summed E-state index contributed by atoms with van der Waals surface area (Å²) in [6.45, 7) is 0.438. The Morgan fingerprint density at radius 2 is 2.09 bits per heavy atom. The van der Waals surface area contributed by atoms with E-state index in [9.17, 15) is 9.18 Å². The number of pyridine rings is 1. The number of rotatable bonds is 2. The molecule has 1 aliphatic rings. The molecule has 9 heteroatoms. The van der Waals surface area contributed by atoms with E-state index in [1.54, 1.807) is 33.8 Å². The van der Waals surface area contributed by atoms with Crippen LogP contribution < -0.4 is 5.73 Å². The summed E-state index contributed by atoms with van der Waals surface area (Å²) in [5.74, 6) is 0.309. The SMILES string of the molecule is Cn1ncc2c(N)nc3ccc(C(=O)N4CC/C(=C\F)CC4c4ccc5scnc5c4)cc3c21. The summed E-state index contributed by atoms with van der Waals surface area (Å²) in [7, 11) is 1.84. The predicted octanol–water partition coefficient (Wildman–Crippen LogP) is 5.14. The van der Waals surface area contributed by atoms with Gasteiger partial charge in [0.25, 0.3) is 5.91 Å². The van der Waals surface area contributed by atoms with Crippen molar-refractivity contribution in [3.05, 3.63) is 71.1 Å². The average Bonchev–Trinajstić information content (AvgIpc) is 3.49. The van der Waals surface area contributed by atoms with Crippen molar-refractivity contribution in [1.82, 2.24) is 24.6 Å². The molecule has 6 rings (SSSR count). The van der Waals surface area contributed by atoms with Crippen molar-refractivity contribution in [3.8, 4) is 0 Å². The van der Waals surface area contributed by atoms with Crippen LogP contribution in [0.5, 0.6) is 0 Å². The van der Waals surface area contributed by atoms with Crippen molar-refractivity contribution in [1.29, 1.82) is 0 Å². The number of thiazole rings is 1. The number of anilines is 1. The highest BCUT2D eigenvalue weighted by atomic mass is 32.1. The largest absolute Gasteiger partial charge is 0.383 e. The molecule has 0 aliphatic carbocycles. The zero-order chi connectivity index (χ0) is 23.4. The van der Waals surface area contributed by atoms with Gasteiger partial charge in [0.1, 0.15) is 5.82 Å². The molecular formula is C25H21FN6OS. The fourth-order valence-electron chi connectivity index (χ4n) is 4.86. The van der Waals surface area contributed by atoms with Gasteiger partial charge in [-0.3, -0.25) is 9.48 Å². The minimum Gasteiger partial charge on any atom is -0.383 e. The number of benzene rings is 2. The van der Waals surface area contributed by atoms with Crippen LogP contribution in [-0.4, -0.2) is 37.1 Å². The van der Waals surface area contributed by atoms with Crippen molar-refractivity contribution in [2.45, 2.75) is 18.9 Å². The van der Waals surface area contributed by atoms with E-state index in [4.69, 9.17) is 5.73 Å². The van der Waals surface area contributed by atoms with Gasteiger partial charge in [-0.05, 0) is 54.3 Å². The molecule has 0 bridgehead atoms. The zero-order valence-electron chi connectivity index (χ0n) is 18.4. The lowest BCUT2D eigenvalue weighted by Crippen LogP contribution is -2.39. The lowest BCUT2D eigenvalue weighted by molar-refractivity contribution is 0.0647. The Morgan fingerprint density at radius 3 is 2.94 bits per heavy atom. The molecule has 1 atom stereocenters. The molecule has 1 unspecified atom stereocenters. The van der Waals surface area contributed by atoms with Gasteiger partial charge in [-0.25, -0.2) is 14.4 Å². The van der Waals surface area contributed by atoms with Gasteiger partial charge in [-0.1, -0.05) is 6.07 Å². The number of nitrogens with zero attached hydrogens (tertiary/aromatic N) is 5. The molecule has 7 nitrogen and oxygen atoms in total. The number of amides is 1. The van der Waals surface area contributed by atoms with E-state index in [0.29, 0.717) is 48.2 Å². The summed E-state index contributed by atoms with van der Waals surface area (Å²) < 4.78 is 16.3. The first-order valence-corrected chi connectivity index (χ1v) is 11.8. The summed E-state index contributed by atoms with van der Waals surface area (Å²) in [5.41, 5.74) is 12.6. The molecule has 0 saturated carbocycles. The van der Waals surface area contributed by atoms with Crippen LogP contribution >= 0.6 is 11.3 Å². The monoisotopic (exact) mass is 472 g/mol. The molecule has 170 valence electrons. The second-order valence-corrected chi connectivity index (χ2v) is 9.46. The van der Waals surface area contributed by atoms with Gasteiger partial charge in [-0.15, -0.1) is 11.3 Å². The molecule has 1 fully saturated rings. The fourth-order valence-corrected chi connectivity index (χ4v) is 5.52. The van der Waals surface area contributed by atoms with E-state index in [1.807, 2.05) is 42.3 Å². The topological polar surface area (TPSA) is 89.9 Å². The first-order valence-electron chi connectivity index (χ1n) is 11.0. The van der Waals surface area contributed by atoms with Gasteiger partial charge >= 0.3 is 0 Å². The van der Waals surface area contributed by atoms with Crippen LogP contribution in [0.25, 0.3) is 32.0 Å². The normalized spacial score (nSPS) is 17.9. The minimum atomic E-state index is -0.272. The van der Waals surface area contributed by atoms with Crippen molar-refractivity contribution in [2.75, 3.05) is 12.3 Å². The smallest absolute Gasteiger partial charge is 0.254 e. The van der Waals surface area contributed by atoms with Crippen molar-refractivity contribution in [2.24, 2.45) is 7.05 Å². The van der Waals surface area contributed by atoms with E-state index >= 15 is 0 Å². The van der Waals surface area contributed by atoms with Gasteiger partial charge in [0, 0.05) is 24.5 Å². The minimum absolute atomic E-state index is 0.102. The molecule has 1 saturated heterocycles. The number of likely N-dealkylation sites (tertiary alicyclic amines) is 1. The molecule has 0 spiro atoms. The third-order valence-electron chi connectivity index (χ3n) is 6.61. The Morgan fingerprint density at radius 1 is 1.21 bits per heavy atom. The lowest BCUT2D eigenvalue weighted by atomic mass is 9.91. The second kappa shape index (κ2) is 7.88. The van der Waals surface area contributed by atoms with Gasteiger partial charge < -0.3 is 10.6 Å². The standard InChI is InChI=1S/C25H21FN6OS/c1-31-23-17-9-16(2-4-19(17)30-24(27)18(23)12-29-31)25(33)32-7-6-14(11-26)8-21(32)15-3-5-22-20(10-15)28-13-34-22/h2-5,9-13,21H,6-8H2,1H3,(H2,27,30)/b14-11+. The number of hydrogen-bond acceptors (Lipinski definition) is 6. The molecule has 3 aromatic heterocycles. The second-order valence-electron chi connectivity index (χ2n) is 8.57. The number of aromatic nitrogens is 4. The number of fused-ring (bicyclic) bond motifs is 4. The summed E-state index contributed by atoms with van der Waals surface area (Å²) in [6, 6.07) is 11.2. The first kappa shape index (κ1) is 20.7. The van der Waals surface area contributed by atoms with E-state index in [0.717, 1.165) is 32.1 Å². The summed E-state index contributed by atoms with van der Waals surface area (Å²) in [6.07, 6.45) is 3.33. The maximum Gasteiger partial charge on any atom is 0.254 e. The van der Waals surface area contributed by atoms with E-state index in [1.165, 1.54) is 0 Å². The number of halogens is 1. The predicted molar refractivity (Wildman–Crippen MR) is 132 cm³/mol. The average molecular weight is 473 g/mol. The molecule has 4 heterocycles. The lowest BCUT2D eigenvalue weighted by Gasteiger charge is -2.37. The summed E-state index contributed by atoms with van der Waals surface area (Å²) >= 11 is 1.57. The number of aryl methyl sites for hydroxylation is 1. The molecule has 2 aromatic carbocycles. The number of nitrogen functional groups attached to an aromatic ring is 1. The van der Waals surface area contributed by atoms with Crippen molar-refractivity contribution >= 4 is 55.1 Å². The number of carbonyl (C=O) groups is 1. The van der Waals surface area contributed by atoms with Gasteiger partial charge in [0.15, 0.2) is 0 Å². The molecule has 1 amide bonds. The van der Waals surface area contributed by atoms with Crippen LogP contribution in [0.15, 0.2) is 60.0 Å². The maximum atomic E-state index is 13.8. The quantitative estimate of drug-likeness (QED) is 0.384. The van der Waals surface area contributed by atoms with Gasteiger partial charge in [0.05, 0.1) is 50.7 Å². The molecular weight excluding hydrogens is 451 g/mol.